The molecule has 1 N–H and O–H groups in total. The molecule has 2 aliphatic rings. The maximum Gasteiger partial charge on any atom is 0.416 e. The topological polar surface area (TPSA) is 66.8 Å². The van der Waals surface area contributed by atoms with Crippen molar-refractivity contribution < 1.29 is 32.6 Å². The number of alkyl halides is 3. The summed E-state index contributed by atoms with van der Waals surface area (Å²) in [6.45, 7) is 0.250. The van der Waals surface area contributed by atoms with Crippen molar-refractivity contribution >= 4 is 11.9 Å². The molecule has 5 nitrogen and oxygen atoms in total. The first kappa shape index (κ1) is 17.7. The third kappa shape index (κ3) is 3.22. The number of benzene rings is 1. The summed E-state index contributed by atoms with van der Waals surface area (Å²) in [6, 6.07) is 4.87. The maximum atomic E-state index is 13.0. The summed E-state index contributed by atoms with van der Waals surface area (Å²) in [6.07, 6.45) is -3.91. The van der Waals surface area contributed by atoms with E-state index in [4.69, 9.17) is 9.84 Å². The molecule has 2 fully saturated rings. The molecular weight excluding hydrogens is 339 g/mol. The molecule has 1 aromatic rings. The van der Waals surface area contributed by atoms with Gasteiger partial charge in [0.05, 0.1) is 24.1 Å². The molecule has 8 heteroatoms. The van der Waals surface area contributed by atoms with Crippen LogP contribution in [0.4, 0.5) is 13.2 Å². The van der Waals surface area contributed by atoms with E-state index < -0.39 is 29.2 Å². The number of amides is 1. The first-order valence-electron chi connectivity index (χ1n) is 8.05. The van der Waals surface area contributed by atoms with E-state index in [2.05, 4.69) is 0 Å². The van der Waals surface area contributed by atoms with E-state index in [0.717, 1.165) is 18.6 Å². The van der Waals surface area contributed by atoms with Gasteiger partial charge >= 0.3 is 12.1 Å². The minimum atomic E-state index is -4.47. The third-order valence-corrected chi connectivity index (χ3v) is 4.99. The summed E-state index contributed by atoms with van der Waals surface area (Å²) >= 11 is 0. The Morgan fingerprint density at radius 1 is 1.28 bits per heavy atom. The van der Waals surface area contributed by atoms with Crippen LogP contribution in [0.25, 0.3) is 0 Å². The Labute approximate surface area is 142 Å². The van der Waals surface area contributed by atoms with Gasteiger partial charge in [-0.15, -0.1) is 0 Å². The van der Waals surface area contributed by atoms with Crippen LogP contribution in [0.3, 0.4) is 0 Å². The number of nitrogens with zero attached hydrogens (tertiary/aromatic N) is 1. The van der Waals surface area contributed by atoms with Gasteiger partial charge < -0.3 is 14.7 Å². The quantitative estimate of drug-likeness (QED) is 0.902. The van der Waals surface area contributed by atoms with Crippen molar-refractivity contribution in [2.24, 2.45) is 0 Å². The van der Waals surface area contributed by atoms with E-state index in [0.29, 0.717) is 18.4 Å². The molecule has 1 saturated carbocycles. The van der Waals surface area contributed by atoms with Crippen molar-refractivity contribution in [2.45, 2.75) is 37.0 Å². The van der Waals surface area contributed by atoms with Crippen LogP contribution in [0.5, 0.6) is 0 Å². The maximum absolute atomic E-state index is 13.0. The minimum absolute atomic E-state index is 0.0884. The summed E-state index contributed by atoms with van der Waals surface area (Å²) < 4.78 is 44.1. The highest BCUT2D eigenvalue weighted by molar-refractivity contribution is 5.90. The van der Waals surface area contributed by atoms with Crippen molar-refractivity contribution in [2.75, 3.05) is 19.7 Å². The van der Waals surface area contributed by atoms with Gasteiger partial charge in [-0.25, -0.2) is 4.79 Å². The number of hydrogen-bond donors (Lipinski definition) is 1. The molecule has 0 radical (unpaired) electrons. The average Bonchev–Trinajstić information content (AvgIpc) is 2.53. The van der Waals surface area contributed by atoms with Gasteiger partial charge in [0.25, 0.3) is 0 Å². The number of ether oxygens (including phenoxy) is 1. The third-order valence-electron chi connectivity index (χ3n) is 4.99. The Morgan fingerprint density at radius 3 is 2.56 bits per heavy atom. The van der Waals surface area contributed by atoms with Gasteiger partial charge in [-0.2, -0.15) is 13.2 Å². The molecule has 1 saturated heterocycles. The van der Waals surface area contributed by atoms with Crippen molar-refractivity contribution in [1.29, 1.82) is 0 Å². The zero-order valence-corrected chi connectivity index (χ0v) is 13.4. The second-order valence-corrected chi connectivity index (χ2v) is 6.46. The molecule has 1 amide bonds. The van der Waals surface area contributed by atoms with Gasteiger partial charge in [0.2, 0.25) is 5.91 Å². The van der Waals surface area contributed by atoms with Gasteiger partial charge in [0, 0.05) is 6.54 Å². The van der Waals surface area contributed by atoms with E-state index in [1.807, 2.05) is 0 Å². The van der Waals surface area contributed by atoms with Crippen LogP contribution < -0.4 is 0 Å². The second-order valence-electron chi connectivity index (χ2n) is 6.46. The van der Waals surface area contributed by atoms with Crippen LogP contribution in [-0.4, -0.2) is 47.7 Å². The van der Waals surface area contributed by atoms with Crippen LogP contribution in [0, 0.1) is 0 Å². The highest BCUT2D eigenvalue weighted by Gasteiger charge is 2.49. The number of carboxylic acids is 1. The highest BCUT2D eigenvalue weighted by Crippen LogP contribution is 2.46. The van der Waals surface area contributed by atoms with Crippen LogP contribution in [0.15, 0.2) is 24.3 Å². The zero-order valence-electron chi connectivity index (χ0n) is 13.4. The predicted molar refractivity (Wildman–Crippen MR) is 80.9 cm³/mol. The Bertz CT molecular complexity index is 685. The lowest BCUT2D eigenvalue weighted by molar-refractivity contribution is -0.162. The van der Waals surface area contributed by atoms with Crippen LogP contribution in [0.2, 0.25) is 0 Å². The fourth-order valence-electron chi connectivity index (χ4n) is 3.44. The number of rotatable bonds is 3. The van der Waals surface area contributed by atoms with Gasteiger partial charge in [0.15, 0.2) is 6.10 Å². The Morgan fingerprint density at radius 2 is 2.00 bits per heavy atom. The lowest BCUT2D eigenvalue weighted by Gasteiger charge is -2.45. The second kappa shape index (κ2) is 6.33. The summed E-state index contributed by atoms with van der Waals surface area (Å²) in [5.41, 5.74) is -1.44. The van der Waals surface area contributed by atoms with Gasteiger partial charge in [-0.05, 0) is 24.5 Å². The molecule has 0 aromatic heterocycles. The van der Waals surface area contributed by atoms with Crippen LogP contribution >= 0.6 is 0 Å². The molecule has 0 bridgehead atoms. The Kier molecular flexibility index (Phi) is 4.49. The number of hydrogen-bond acceptors (Lipinski definition) is 3. The molecule has 1 aliphatic heterocycles. The number of halogens is 3. The molecule has 25 heavy (non-hydrogen) atoms. The van der Waals surface area contributed by atoms with Crippen molar-refractivity contribution in [1.82, 2.24) is 4.90 Å². The monoisotopic (exact) mass is 357 g/mol. The summed E-state index contributed by atoms with van der Waals surface area (Å²) in [7, 11) is 0. The van der Waals surface area contributed by atoms with E-state index in [1.54, 1.807) is 6.07 Å². The molecular formula is C17H18F3NO4. The standard InChI is InChI=1S/C17H18F3NO4/c18-17(19,20)12-4-1-3-11(9-12)16(5-2-6-16)15(24)21-7-8-25-13(10-21)14(22)23/h1,3-4,9,13H,2,5-8,10H2,(H,22,23)/t13-/m1/s1. The number of morpholine rings is 1. The Balaban J connectivity index is 1.88. The molecule has 1 heterocycles. The highest BCUT2D eigenvalue weighted by atomic mass is 19.4. The molecule has 136 valence electrons. The number of aliphatic carboxylic acids is 1. The average molecular weight is 357 g/mol. The molecule has 3 rings (SSSR count). The molecule has 1 atom stereocenters. The summed E-state index contributed by atoms with van der Waals surface area (Å²) in [5.74, 6) is -1.47. The summed E-state index contributed by atoms with van der Waals surface area (Å²) in [4.78, 5) is 25.5. The van der Waals surface area contributed by atoms with Gasteiger partial charge in [-0.3, -0.25) is 4.79 Å². The van der Waals surface area contributed by atoms with Crippen LogP contribution in [0.1, 0.15) is 30.4 Å². The first-order chi connectivity index (χ1) is 11.7. The lowest BCUT2D eigenvalue weighted by Crippen LogP contribution is -2.56. The van der Waals surface area contributed by atoms with Crippen molar-refractivity contribution in [3.63, 3.8) is 0 Å². The number of carbonyl (C=O) groups is 2. The number of carboxylic acid groups (broad SMARTS) is 1. The normalized spacial score (nSPS) is 23.0. The molecule has 1 aliphatic carbocycles. The largest absolute Gasteiger partial charge is 0.479 e. The van der Waals surface area contributed by atoms with Crippen molar-refractivity contribution in [3.05, 3.63) is 35.4 Å². The van der Waals surface area contributed by atoms with Crippen molar-refractivity contribution in [3.8, 4) is 0 Å². The summed E-state index contributed by atoms with van der Waals surface area (Å²) in [5, 5.41) is 9.07. The SMILES string of the molecule is O=C(O)[C@H]1CN(C(=O)C2(c3cccc(C(F)(F)F)c3)CCC2)CCO1. The van der Waals surface area contributed by atoms with E-state index in [1.165, 1.54) is 11.0 Å². The van der Waals surface area contributed by atoms with Crippen LogP contribution in [-0.2, 0) is 25.9 Å². The number of carbonyl (C=O) groups excluding carboxylic acids is 1. The zero-order chi connectivity index (χ0) is 18.2. The lowest BCUT2D eigenvalue weighted by atomic mass is 9.63. The smallest absolute Gasteiger partial charge is 0.416 e. The molecule has 1 aromatic carbocycles. The predicted octanol–water partition coefficient (Wildman–Crippen LogP) is 2.44. The fraction of sp³-hybridized carbons (Fsp3) is 0.529. The van der Waals surface area contributed by atoms with E-state index >= 15 is 0 Å². The molecule has 0 spiro atoms. The molecule has 0 unspecified atom stereocenters. The Hall–Kier alpha value is -2.09. The van der Waals surface area contributed by atoms with Gasteiger partial charge in [-0.1, -0.05) is 24.6 Å². The minimum Gasteiger partial charge on any atom is -0.479 e. The fourth-order valence-corrected chi connectivity index (χ4v) is 3.44. The van der Waals surface area contributed by atoms with E-state index in [9.17, 15) is 22.8 Å². The first-order valence-corrected chi connectivity index (χ1v) is 8.05. The van der Waals surface area contributed by atoms with E-state index in [-0.39, 0.29) is 25.6 Å². The van der Waals surface area contributed by atoms with Gasteiger partial charge in [0.1, 0.15) is 0 Å².